The lowest BCUT2D eigenvalue weighted by molar-refractivity contribution is -0.152. The van der Waals surface area contributed by atoms with E-state index in [1.165, 1.54) is 27.7 Å². The Labute approximate surface area is 291 Å². The predicted octanol–water partition coefficient (Wildman–Crippen LogP) is 5.75. The maximum Gasteiger partial charge on any atom is 0.332 e. The highest BCUT2D eigenvalue weighted by atomic mass is 32.3. The molecule has 3 N–H and O–H groups in total. The summed E-state index contributed by atoms with van der Waals surface area (Å²) in [5.74, 6) is -2.46. The zero-order chi connectivity index (χ0) is 35.9. The maximum atomic E-state index is 11.0. The van der Waals surface area contributed by atoms with Gasteiger partial charge in [-0.15, -0.1) is 60.5 Å². The normalized spacial score (nSPS) is 20.5. The highest BCUT2D eigenvalue weighted by Crippen LogP contribution is 2.45. The van der Waals surface area contributed by atoms with Crippen molar-refractivity contribution in [1.29, 1.82) is 0 Å². The first kappa shape index (κ1) is 48.6. The summed E-state index contributed by atoms with van der Waals surface area (Å²) < 4.78 is 12.5. The molecule has 1 aliphatic heterocycles. The van der Waals surface area contributed by atoms with Crippen molar-refractivity contribution in [3.63, 3.8) is 0 Å². The minimum atomic E-state index is -1.16. The average Bonchev–Trinajstić information content (AvgIpc) is 2.86. The molecule has 11 nitrogen and oxygen atoms in total. The van der Waals surface area contributed by atoms with Gasteiger partial charge < -0.3 is 34.4 Å². The highest BCUT2D eigenvalue weighted by Gasteiger charge is 2.22. The number of ether oxygens (including phenoxy) is 2. The number of ketones is 4. The van der Waals surface area contributed by atoms with E-state index in [1.54, 1.807) is 13.8 Å². The lowest BCUT2D eigenvalue weighted by Gasteiger charge is -2.27. The Balaban J connectivity index is -0.000000528. The van der Waals surface area contributed by atoms with E-state index in [9.17, 15) is 28.8 Å². The third-order valence-electron chi connectivity index (χ3n) is 5.22. The van der Waals surface area contributed by atoms with Gasteiger partial charge in [0.2, 0.25) is 0 Å². The van der Waals surface area contributed by atoms with Crippen LogP contribution in [0.3, 0.4) is 0 Å². The van der Waals surface area contributed by atoms with Gasteiger partial charge in [-0.3, -0.25) is 14.4 Å². The van der Waals surface area contributed by atoms with Gasteiger partial charge in [-0.25, -0.2) is 4.79 Å². The number of carbonyl (C=O) groups is 6. The minimum absolute atomic E-state index is 0.000278. The summed E-state index contributed by atoms with van der Waals surface area (Å²) in [4.78, 5) is 63.1. The summed E-state index contributed by atoms with van der Waals surface area (Å²) in [6, 6.07) is 0. The van der Waals surface area contributed by atoms with Gasteiger partial charge in [0, 0.05) is 33.0 Å². The molecule has 0 spiro atoms. The van der Waals surface area contributed by atoms with E-state index < -0.39 is 35.7 Å². The van der Waals surface area contributed by atoms with Crippen molar-refractivity contribution < 1.29 is 53.6 Å². The molecule has 5 unspecified atom stereocenters. The Morgan fingerprint density at radius 3 is 1.29 bits per heavy atom. The standard InChI is InChI=1S/C9H16O3S.C7H12O5S.C7H12O3.C6H12S3/c1-6(10)4-5-9(7(2)11)12-8(3)13;1-4(13)12-5(7(10)11)2-3-6(8)9;1-5(8)3-4-7(10)6(2)9;1-4-7-5(2)9-6(3)8-4/h8-9,13H,4-5H2,1-3H3;4-5,13H,2-3H2,1H3,(H,8,9)(H,10,11);7,10H,3-4H2,1-2H3;4-6H,1-3H3. The summed E-state index contributed by atoms with van der Waals surface area (Å²) in [6.45, 7) is 15.9. The maximum absolute atomic E-state index is 11.0. The van der Waals surface area contributed by atoms with Gasteiger partial charge in [0.1, 0.15) is 23.8 Å². The number of aliphatic hydroxyl groups excluding tert-OH is 1. The fourth-order valence-corrected chi connectivity index (χ4v) is 9.45. The first-order valence-corrected chi connectivity index (χ1v) is 18.2. The lowest BCUT2D eigenvalue weighted by Crippen LogP contribution is -2.27. The third-order valence-corrected chi connectivity index (χ3v) is 9.76. The summed E-state index contributed by atoms with van der Waals surface area (Å²) in [6.07, 6.45) is -1.44. The quantitative estimate of drug-likeness (QED) is 0.0955. The number of rotatable bonds is 16. The molecule has 0 radical (unpaired) electrons. The molecule has 5 atom stereocenters. The number of hydrogen-bond donors (Lipinski definition) is 5. The van der Waals surface area contributed by atoms with Crippen molar-refractivity contribution in [2.24, 2.45) is 0 Å². The molecule has 1 heterocycles. The molecule has 1 rings (SSSR count). The number of carboxylic acids is 2. The molecule has 0 aromatic rings. The molecule has 45 heavy (non-hydrogen) atoms. The van der Waals surface area contributed by atoms with Crippen molar-refractivity contribution in [3.8, 4) is 0 Å². The van der Waals surface area contributed by atoms with Gasteiger partial charge in [0.05, 0.1) is 10.9 Å². The molecule has 0 aromatic carbocycles. The Morgan fingerprint density at radius 1 is 0.644 bits per heavy atom. The van der Waals surface area contributed by atoms with Crippen LogP contribution in [0.4, 0.5) is 0 Å². The highest BCUT2D eigenvalue weighted by molar-refractivity contribution is 8.33. The van der Waals surface area contributed by atoms with E-state index in [0.29, 0.717) is 12.8 Å². The van der Waals surface area contributed by atoms with Crippen LogP contribution in [0.25, 0.3) is 0 Å². The van der Waals surface area contributed by atoms with Gasteiger partial charge in [-0.2, -0.15) is 0 Å². The second-order valence-corrected chi connectivity index (χ2v) is 17.5. The Kier molecular flexibility index (Phi) is 30.6. The zero-order valence-corrected chi connectivity index (χ0v) is 31.8. The number of carboxylic acid groups (broad SMARTS) is 2. The number of thioether (sulfide) groups is 3. The van der Waals surface area contributed by atoms with Crippen molar-refractivity contribution in [2.75, 3.05) is 0 Å². The summed E-state index contributed by atoms with van der Waals surface area (Å²) in [5, 5.41) is 25.8. The van der Waals surface area contributed by atoms with E-state index in [1.807, 2.05) is 0 Å². The SMILES string of the molecule is CC(=O)CCC(O)C(C)=O.CC(=O)CCC(OC(C)S)C(C)=O.CC(S)OC(CCC(=O)O)C(=O)O.CC1SC(C)SC(C)S1. The van der Waals surface area contributed by atoms with Crippen LogP contribution in [-0.4, -0.2) is 93.3 Å². The topological polar surface area (TPSA) is 182 Å². The summed E-state index contributed by atoms with van der Waals surface area (Å²) in [5.41, 5.74) is -0.796. The number of aliphatic hydroxyl groups is 1. The molecular formula is C29H52O11S5. The van der Waals surface area contributed by atoms with Crippen molar-refractivity contribution in [3.05, 3.63) is 0 Å². The fraction of sp³-hybridized carbons (Fsp3) is 0.793. The molecule has 16 heteroatoms. The molecule has 1 aliphatic rings. The molecular weight excluding hydrogens is 685 g/mol. The molecule has 264 valence electrons. The average molecular weight is 737 g/mol. The molecule has 0 bridgehead atoms. The van der Waals surface area contributed by atoms with Crippen LogP contribution in [0, 0.1) is 0 Å². The monoisotopic (exact) mass is 736 g/mol. The van der Waals surface area contributed by atoms with E-state index >= 15 is 0 Å². The minimum Gasteiger partial charge on any atom is -0.481 e. The number of Topliss-reactive ketones (excluding diaryl/α,β-unsaturated/α-hetero) is 4. The van der Waals surface area contributed by atoms with Crippen LogP contribution in [-0.2, 0) is 38.2 Å². The lowest BCUT2D eigenvalue weighted by atomic mass is 10.1. The number of thiol groups is 2. The Morgan fingerprint density at radius 2 is 1.00 bits per heavy atom. The van der Waals surface area contributed by atoms with Crippen molar-refractivity contribution in [1.82, 2.24) is 0 Å². The van der Waals surface area contributed by atoms with Gasteiger partial charge in [0.25, 0.3) is 0 Å². The van der Waals surface area contributed by atoms with Crippen LogP contribution in [0.5, 0.6) is 0 Å². The Hall–Kier alpha value is -0.750. The smallest absolute Gasteiger partial charge is 0.332 e. The molecule has 1 fully saturated rings. The van der Waals surface area contributed by atoms with Crippen molar-refractivity contribution in [2.45, 2.75) is 144 Å². The number of hydrogen-bond acceptors (Lipinski definition) is 14. The van der Waals surface area contributed by atoms with E-state index in [-0.39, 0.29) is 54.3 Å². The second kappa shape index (κ2) is 28.3. The number of aliphatic carboxylic acids is 2. The first-order chi connectivity index (χ1) is 20.6. The predicted molar refractivity (Wildman–Crippen MR) is 190 cm³/mol. The van der Waals surface area contributed by atoms with E-state index in [0.717, 1.165) is 13.7 Å². The fourth-order valence-electron chi connectivity index (χ4n) is 3.13. The second-order valence-electron chi connectivity index (χ2n) is 10.0. The van der Waals surface area contributed by atoms with Gasteiger partial charge >= 0.3 is 11.9 Å². The largest absolute Gasteiger partial charge is 0.481 e. The van der Waals surface area contributed by atoms with Crippen LogP contribution >= 0.6 is 60.5 Å². The van der Waals surface area contributed by atoms with Gasteiger partial charge in [0.15, 0.2) is 17.7 Å². The molecule has 0 saturated carbocycles. The Bertz CT molecular complexity index is 835. The van der Waals surface area contributed by atoms with Crippen LogP contribution in [0.2, 0.25) is 0 Å². The molecule has 0 amide bonds. The summed E-state index contributed by atoms with van der Waals surface area (Å²) in [7, 11) is 0. The van der Waals surface area contributed by atoms with E-state index in [4.69, 9.17) is 24.8 Å². The van der Waals surface area contributed by atoms with Crippen LogP contribution in [0.15, 0.2) is 0 Å². The first-order valence-electron chi connectivity index (χ1n) is 14.3. The van der Waals surface area contributed by atoms with Gasteiger partial charge in [-0.05, 0) is 81.6 Å². The number of carbonyl (C=O) groups excluding carboxylic acids is 4. The summed E-state index contributed by atoms with van der Waals surface area (Å²) >= 11 is 14.1. The molecule has 0 aromatic heterocycles. The van der Waals surface area contributed by atoms with Crippen LogP contribution < -0.4 is 0 Å². The molecule has 1 saturated heterocycles. The van der Waals surface area contributed by atoms with Gasteiger partial charge in [-0.1, -0.05) is 0 Å². The van der Waals surface area contributed by atoms with Crippen molar-refractivity contribution >= 4 is 95.6 Å². The third kappa shape index (κ3) is 34.4. The van der Waals surface area contributed by atoms with Crippen LogP contribution in [0.1, 0.15) is 101 Å². The molecule has 0 aliphatic carbocycles. The van der Waals surface area contributed by atoms with E-state index in [2.05, 4.69) is 81.3 Å². The zero-order valence-electron chi connectivity index (χ0n) is 27.6.